The van der Waals surface area contributed by atoms with Gasteiger partial charge in [0.15, 0.2) is 0 Å². The van der Waals surface area contributed by atoms with Gasteiger partial charge in [-0.1, -0.05) is 35.9 Å². The van der Waals surface area contributed by atoms with Gasteiger partial charge in [-0.25, -0.2) is 0 Å². The van der Waals surface area contributed by atoms with Crippen LogP contribution in [0.4, 0.5) is 0 Å². The van der Waals surface area contributed by atoms with Gasteiger partial charge in [0, 0.05) is 5.02 Å². The lowest BCUT2D eigenvalue weighted by atomic mass is 9.98. The third-order valence-electron chi connectivity index (χ3n) is 3.45. The quantitative estimate of drug-likeness (QED) is 0.614. The summed E-state index contributed by atoms with van der Waals surface area (Å²) in [4.78, 5) is 0. The van der Waals surface area contributed by atoms with E-state index in [4.69, 9.17) is 22.2 Å². The fraction of sp³-hybridized carbons (Fsp3) is 0.250. The fourth-order valence-electron chi connectivity index (χ4n) is 2.27. The summed E-state index contributed by atoms with van der Waals surface area (Å²) < 4.78 is 6.17. The summed E-state index contributed by atoms with van der Waals surface area (Å²) in [6, 6.07) is 11.9. The molecule has 0 aliphatic heterocycles. The Morgan fingerprint density at radius 2 is 2.10 bits per heavy atom. The number of benzene rings is 2. The van der Waals surface area contributed by atoms with Crippen LogP contribution in [-0.2, 0) is 6.42 Å². The minimum absolute atomic E-state index is 0.0438. The summed E-state index contributed by atoms with van der Waals surface area (Å²) in [5.74, 6) is 6.53. The molecule has 21 heavy (non-hydrogen) atoms. The highest BCUT2D eigenvalue weighted by molar-refractivity contribution is 9.10. The molecule has 3 nitrogen and oxygen atoms in total. The molecule has 1 unspecified atom stereocenters. The van der Waals surface area contributed by atoms with Crippen molar-refractivity contribution in [1.82, 2.24) is 5.43 Å². The van der Waals surface area contributed by atoms with Gasteiger partial charge in [0.1, 0.15) is 5.75 Å². The summed E-state index contributed by atoms with van der Waals surface area (Å²) in [7, 11) is 1.65. The number of ether oxygens (including phenoxy) is 1. The number of halogens is 2. The topological polar surface area (TPSA) is 47.3 Å². The lowest BCUT2D eigenvalue weighted by Crippen LogP contribution is -2.29. The molecule has 0 spiro atoms. The smallest absolute Gasteiger partial charge is 0.133 e. The molecule has 1 atom stereocenters. The highest BCUT2D eigenvalue weighted by Crippen LogP contribution is 2.30. The number of hydrazine groups is 1. The van der Waals surface area contributed by atoms with Gasteiger partial charge in [-0.05, 0) is 58.1 Å². The molecule has 0 fully saturated rings. The number of methoxy groups -OCH3 is 1. The predicted octanol–water partition coefficient (Wildman–Crippen LogP) is 4.17. The van der Waals surface area contributed by atoms with Crippen molar-refractivity contribution in [3.05, 3.63) is 62.6 Å². The zero-order chi connectivity index (χ0) is 15.4. The average Bonchev–Trinajstić information content (AvgIpc) is 2.48. The van der Waals surface area contributed by atoms with Crippen LogP contribution < -0.4 is 16.0 Å². The van der Waals surface area contributed by atoms with Crippen LogP contribution in [-0.4, -0.2) is 7.11 Å². The Morgan fingerprint density at radius 3 is 2.71 bits per heavy atom. The Hall–Kier alpha value is -1.07. The Kier molecular flexibility index (Phi) is 5.65. The molecule has 0 saturated carbocycles. The van der Waals surface area contributed by atoms with Crippen molar-refractivity contribution >= 4 is 27.5 Å². The van der Waals surface area contributed by atoms with E-state index in [-0.39, 0.29) is 6.04 Å². The van der Waals surface area contributed by atoms with Crippen molar-refractivity contribution in [3.8, 4) is 5.75 Å². The monoisotopic (exact) mass is 368 g/mol. The fourth-order valence-corrected chi connectivity index (χ4v) is 3.12. The number of rotatable bonds is 5. The summed E-state index contributed by atoms with van der Waals surface area (Å²) in [6.45, 7) is 1.99. The highest BCUT2D eigenvalue weighted by atomic mass is 79.9. The van der Waals surface area contributed by atoms with Crippen LogP contribution >= 0.6 is 27.5 Å². The third kappa shape index (κ3) is 3.77. The second kappa shape index (κ2) is 7.27. The van der Waals surface area contributed by atoms with Crippen molar-refractivity contribution in [3.63, 3.8) is 0 Å². The molecule has 0 saturated heterocycles. The molecule has 0 heterocycles. The van der Waals surface area contributed by atoms with Gasteiger partial charge >= 0.3 is 0 Å². The summed E-state index contributed by atoms with van der Waals surface area (Å²) in [5.41, 5.74) is 6.05. The second-order valence-electron chi connectivity index (χ2n) is 4.87. The van der Waals surface area contributed by atoms with E-state index in [2.05, 4.69) is 21.4 Å². The lowest BCUT2D eigenvalue weighted by molar-refractivity contribution is 0.412. The maximum absolute atomic E-state index is 6.39. The normalized spacial score (nSPS) is 12.2. The first-order chi connectivity index (χ1) is 10.1. The van der Waals surface area contributed by atoms with E-state index in [1.165, 1.54) is 0 Å². The first kappa shape index (κ1) is 16.3. The molecule has 2 rings (SSSR count). The van der Waals surface area contributed by atoms with E-state index in [9.17, 15) is 0 Å². The number of hydrogen-bond donors (Lipinski definition) is 2. The van der Waals surface area contributed by atoms with Crippen molar-refractivity contribution in [2.75, 3.05) is 7.11 Å². The number of aryl methyl sites for hydroxylation is 1. The van der Waals surface area contributed by atoms with Gasteiger partial charge in [-0.3, -0.25) is 11.3 Å². The van der Waals surface area contributed by atoms with Crippen LogP contribution in [0.1, 0.15) is 22.7 Å². The van der Waals surface area contributed by atoms with Gasteiger partial charge < -0.3 is 4.74 Å². The van der Waals surface area contributed by atoms with E-state index in [1.54, 1.807) is 7.11 Å². The summed E-state index contributed by atoms with van der Waals surface area (Å²) in [6.07, 6.45) is 0.738. The van der Waals surface area contributed by atoms with Crippen LogP contribution in [0.25, 0.3) is 0 Å². The van der Waals surface area contributed by atoms with E-state index >= 15 is 0 Å². The van der Waals surface area contributed by atoms with Gasteiger partial charge in [-0.15, -0.1) is 0 Å². The second-order valence-corrected chi connectivity index (χ2v) is 6.10. The first-order valence-electron chi connectivity index (χ1n) is 6.60. The molecule has 112 valence electrons. The summed E-state index contributed by atoms with van der Waals surface area (Å²) in [5, 5.41) is 0.757. The van der Waals surface area contributed by atoms with E-state index < -0.39 is 0 Å². The van der Waals surface area contributed by atoms with Gasteiger partial charge in [0.25, 0.3) is 0 Å². The Labute approximate surface area is 138 Å². The zero-order valence-electron chi connectivity index (χ0n) is 12.0. The average molecular weight is 370 g/mol. The predicted molar refractivity (Wildman–Crippen MR) is 90.7 cm³/mol. The van der Waals surface area contributed by atoms with E-state index in [0.29, 0.717) is 0 Å². The van der Waals surface area contributed by atoms with Crippen molar-refractivity contribution in [1.29, 1.82) is 0 Å². The van der Waals surface area contributed by atoms with E-state index in [1.807, 2.05) is 43.3 Å². The van der Waals surface area contributed by atoms with Crippen LogP contribution in [0.2, 0.25) is 5.02 Å². The minimum atomic E-state index is -0.0438. The minimum Gasteiger partial charge on any atom is -0.496 e. The number of hydrogen-bond acceptors (Lipinski definition) is 3. The Morgan fingerprint density at radius 1 is 1.33 bits per heavy atom. The molecule has 5 heteroatoms. The molecule has 0 radical (unpaired) electrons. The molecule has 0 aromatic heterocycles. The van der Waals surface area contributed by atoms with Crippen molar-refractivity contribution < 1.29 is 4.74 Å². The molecular weight excluding hydrogens is 352 g/mol. The van der Waals surface area contributed by atoms with Gasteiger partial charge in [0.2, 0.25) is 0 Å². The molecule has 0 aliphatic rings. The van der Waals surface area contributed by atoms with Crippen molar-refractivity contribution in [2.24, 2.45) is 5.84 Å². The first-order valence-corrected chi connectivity index (χ1v) is 7.77. The van der Waals surface area contributed by atoms with Gasteiger partial charge in [-0.2, -0.15) is 0 Å². The maximum Gasteiger partial charge on any atom is 0.133 e. The lowest BCUT2D eigenvalue weighted by Gasteiger charge is -2.19. The number of nitrogens with one attached hydrogen (secondary N) is 1. The third-order valence-corrected chi connectivity index (χ3v) is 4.59. The molecule has 0 amide bonds. The standard InChI is InChI=1S/C16H18BrClN2O/c1-10-4-3-5-12(16(10)18)14(20-19)9-11-6-7-15(21-2)13(17)8-11/h3-8,14,20H,9,19H2,1-2H3. The maximum atomic E-state index is 6.39. The van der Waals surface area contributed by atoms with Crippen molar-refractivity contribution in [2.45, 2.75) is 19.4 Å². The SMILES string of the molecule is COc1ccc(CC(NN)c2cccc(C)c2Cl)cc1Br. The number of nitrogens with two attached hydrogens (primary N) is 1. The molecule has 0 bridgehead atoms. The molecular formula is C16H18BrClN2O. The Balaban J connectivity index is 2.27. The van der Waals surface area contributed by atoms with Crippen LogP contribution in [0.5, 0.6) is 5.75 Å². The molecule has 2 aromatic carbocycles. The Bertz CT molecular complexity index is 634. The van der Waals surface area contributed by atoms with Crippen LogP contribution in [0.15, 0.2) is 40.9 Å². The van der Waals surface area contributed by atoms with Gasteiger partial charge in [0.05, 0.1) is 17.6 Å². The highest BCUT2D eigenvalue weighted by Gasteiger charge is 2.15. The van der Waals surface area contributed by atoms with Crippen LogP contribution in [0, 0.1) is 6.92 Å². The molecule has 3 N–H and O–H groups in total. The van der Waals surface area contributed by atoms with E-state index in [0.717, 1.165) is 38.4 Å². The summed E-state index contributed by atoms with van der Waals surface area (Å²) >= 11 is 9.89. The molecule has 0 aliphatic carbocycles. The van der Waals surface area contributed by atoms with Crippen LogP contribution in [0.3, 0.4) is 0 Å². The largest absolute Gasteiger partial charge is 0.496 e. The molecule has 2 aromatic rings. The zero-order valence-corrected chi connectivity index (χ0v) is 14.3.